The maximum absolute atomic E-state index is 6.22. The highest BCUT2D eigenvalue weighted by Crippen LogP contribution is 2.27. The average Bonchev–Trinajstić information content (AvgIpc) is 3.00. The predicted octanol–water partition coefficient (Wildman–Crippen LogP) is 2.48. The zero-order valence-corrected chi connectivity index (χ0v) is 12.5. The topological polar surface area (TPSA) is 94.9 Å². The van der Waals surface area contributed by atoms with Gasteiger partial charge in [-0.05, 0) is 6.07 Å². The van der Waals surface area contributed by atoms with E-state index in [0.717, 1.165) is 5.56 Å². The van der Waals surface area contributed by atoms with Gasteiger partial charge in [0, 0.05) is 24.0 Å². The van der Waals surface area contributed by atoms with Crippen LogP contribution in [0, 0.1) is 0 Å². The lowest BCUT2D eigenvalue weighted by molar-refractivity contribution is 0.913. The van der Waals surface area contributed by atoms with Crippen LogP contribution in [0.2, 0.25) is 5.02 Å². The van der Waals surface area contributed by atoms with Crippen molar-refractivity contribution in [1.29, 1.82) is 0 Å². The summed E-state index contributed by atoms with van der Waals surface area (Å²) in [4.78, 5) is 16.9. The molecule has 3 aromatic heterocycles. The van der Waals surface area contributed by atoms with E-state index in [1.54, 1.807) is 30.7 Å². The number of halogens is 1. The molecule has 3 heterocycles. The van der Waals surface area contributed by atoms with Gasteiger partial charge in [0.25, 0.3) is 0 Å². The number of nitrogen functional groups attached to an aromatic ring is 1. The van der Waals surface area contributed by atoms with Gasteiger partial charge in [0.2, 0.25) is 5.95 Å². The molecule has 8 heteroatoms. The van der Waals surface area contributed by atoms with Crippen molar-refractivity contribution < 1.29 is 0 Å². The summed E-state index contributed by atoms with van der Waals surface area (Å²) in [5.74, 6) is 0.614. The summed E-state index contributed by atoms with van der Waals surface area (Å²) in [5, 5.41) is 5.03. The maximum Gasteiger partial charge on any atom is 0.225 e. The van der Waals surface area contributed by atoms with Crippen LogP contribution >= 0.6 is 11.6 Å². The second-order valence-electron chi connectivity index (χ2n) is 4.78. The maximum atomic E-state index is 6.22. The molecule has 0 unspecified atom stereocenters. The first-order chi connectivity index (χ1) is 11.2. The fraction of sp³-hybridized carbons (Fsp3) is 0. The van der Waals surface area contributed by atoms with Gasteiger partial charge in [-0.3, -0.25) is 4.98 Å². The number of nitrogens with zero attached hydrogens (tertiary/aromatic N) is 6. The van der Waals surface area contributed by atoms with Crippen LogP contribution in [0.25, 0.3) is 28.4 Å². The molecule has 0 atom stereocenters. The molecule has 112 valence electrons. The van der Waals surface area contributed by atoms with Crippen molar-refractivity contribution >= 4 is 23.2 Å². The number of nitrogens with two attached hydrogens (primary N) is 1. The Hall–Kier alpha value is -3.06. The van der Waals surface area contributed by atoms with E-state index in [2.05, 4.69) is 25.0 Å². The quantitative estimate of drug-likeness (QED) is 0.609. The van der Waals surface area contributed by atoms with E-state index in [1.165, 1.54) is 4.52 Å². The Morgan fingerprint density at radius 3 is 2.70 bits per heavy atom. The molecule has 2 N–H and O–H groups in total. The van der Waals surface area contributed by atoms with Crippen LogP contribution in [0.3, 0.4) is 0 Å². The summed E-state index contributed by atoms with van der Waals surface area (Å²) in [5.41, 5.74) is 8.58. The highest BCUT2D eigenvalue weighted by atomic mass is 35.5. The Morgan fingerprint density at radius 1 is 1.04 bits per heavy atom. The molecule has 0 radical (unpaired) electrons. The van der Waals surface area contributed by atoms with Crippen LogP contribution in [0.4, 0.5) is 5.95 Å². The number of benzene rings is 1. The molecular weight excluding hydrogens is 314 g/mol. The van der Waals surface area contributed by atoms with Crippen molar-refractivity contribution in [2.75, 3.05) is 5.73 Å². The predicted molar refractivity (Wildman–Crippen MR) is 86.7 cm³/mol. The van der Waals surface area contributed by atoms with Crippen molar-refractivity contribution in [3.8, 4) is 22.8 Å². The van der Waals surface area contributed by atoms with Crippen molar-refractivity contribution in [2.24, 2.45) is 0 Å². The number of rotatable bonds is 2. The van der Waals surface area contributed by atoms with Crippen LogP contribution < -0.4 is 5.73 Å². The van der Waals surface area contributed by atoms with Gasteiger partial charge < -0.3 is 5.73 Å². The van der Waals surface area contributed by atoms with E-state index in [9.17, 15) is 0 Å². The fourth-order valence-corrected chi connectivity index (χ4v) is 2.47. The minimum absolute atomic E-state index is 0.217. The van der Waals surface area contributed by atoms with E-state index in [-0.39, 0.29) is 5.95 Å². The second-order valence-corrected chi connectivity index (χ2v) is 5.18. The number of anilines is 1. The van der Waals surface area contributed by atoms with Gasteiger partial charge in [0.1, 0.15) is 5.69 Å². The third kappa shape index (κ3) is 2.36. The molecule has 7 nitrogen and oxygen atoms in total. The molecular formula is C15H10ClN7. The van der Waals surface area contributed by atoms with E-state index < -0.39 is 0 Å². The highest BCUT2D eigenvalue weighted by molar-refractivity contribution is 6.33. The summed E-state index contributed by atoms with van der Waals surface area (Å²) < 4.78 is 1.47. The van der Waals surface area contributed by atoms with Gasteiger partial charge in [-0.1, -0.05) is 29.8 Å². The van der Waals surface area contributed by atoms with Gasteiger partial charge in [-0.2, -0.15) is 14.6 Å². The molecule has 0 spiro atoms. The molecule has 1 aromatic carbocycles. The molecule has 0 aliphatic heterocycles. The third-order valence-electron chi connectivity index (χ3n) is 3.29. The lowest BCUT2D eigenvalue weighted by Crippen LogP contribution is -2.05. The molecule has 0 bridgehead atoms. The van der Waals surface area contributed by atoms with Crippen LogP contribution in [0.5, 0.6) is 0 Å². The van der Waals surface area contributed by atoms with Crippen molar-refractivity contribution in [2.45, 2.75) is 0 Å². The molecule has 0 saturated heterocycles. The highest BCUT2D eigenvalue weighted by Gasteiger charge is 2.13. The minimum atomic E-state index is 0.217. The SMILES string of the molecule is Nc1nc(-c2cnccn2)nc2cc(-c3ccccc3Cl)nn12. The largest absolute Gasteiger partial charge is 0.368 e. The zero-order valence-electron chi connectivity index (χ0n) is 11.8. The van der Waals surface area contributed by atoms with Crippen LogP contribution in [0.1, 0.15) is 0 Å². The van der Waals surface area contributed by atoms with E-state index in [4.69, 9.17) is 17.3 Å². The summed E-state index contributed by atoms with van der Waals surface area (Å²) in [6, 6.07) is 9.25. The van der Waals surface area contributed by atoms with E-state index in [0.29, 0.717) is 27.9 Å². The Bertz CT molecular complexity index is 997. The summed E-state index contributed by atoms with van der Waals surface area (Å²) in [7, 11) is 0. The van der Waals surface area contributed by atoms with Crippen LogP contribution in [-0.4, -0.2) is 29.5 Å². The van der Waals surface area contributed by atoms with Gasteiger partial charge in [0.05, 0.1) is 16.9 Å². The molecule has 0 aliphatic carbocycles. The number of aromatic nitrogens is 6. The lowest BCUT2D eigenvalue weighted by Gasteiger charge is -2.01. The molecule has 0 amide bonds. The first-order valence-electron chi connectivity index (χ1n) is 6.77. The summed E-state index contributed by atoms with van der Waals surface area (Å²) in [6.07, 6.45) is 4.74. The monoisotopic (exact) mass is 323 g/mol. The summed E-state index contributed by atoms with van der Waals surface area (Å²) >= 11 is 6.22. The second kappa shape index (κ2) is 5.29. The average molecular weight is 324 g/mol. The van der Waals surface area contributed by atoms with Gasteiger partial charge in [0.15, 0.2) is 11.5 Å². The number of hydrogen-bond donors (Lipinski definition) is 1. The minimum Gasteiger partial charge on any atom is -0.368 e. The van der Waals surface area contributed by atoms with Crippen LogP contribution in [0.15, 0.2) is 48.9 Å². The van der Waals surface area contributed by atoms with E-state index >= 15 is 0 Å². The molecule has 23 heavy (non-hydrogen) atoms. The van der Waals surface area contributed by atoms with Gasteiger partial charge in [-0.15, -0.1) is 0 Å². The molecule has 4 aromatic rings. The third-order valence-corrected chi connectivity index (χ3v) is 3.62. The van der Waals surface area contributed by atoms with Crippen molar-refractivity contribution in [3.63, 3.8) is 0 Å². The van der Waals surface area contributed by atoms with Crippen molar-refractivity contribution in [3.05, 3.63) is 53.9 Å². The van der Waals surface area contributed by atoms with Crippen LogP contribution in [-0.2, 0) is 0 Å². The zero-order chi connectivity index (χ0) is 15.8. The first kappa shape index (κ1) is 13.6. The molecule has 0 fully saturated rings. The van der Waals surface area contributed by atoms with E-state index in [1.807, 2.05) is 18.2 Å². The smallest absolute Gasteiger partial charge is 0.225 e. The standard InChI is InChI=1S/C15H10ClN7/c16-10-4-2-1-3-9(10)11-7-13-20-14(12-8-18-5-6-19-12)21-15(17)23(13)22-11/h1-8H,(H2,17,20,21). The molecule has 4 rings (SSSR count). The molecule has 0 saturated carbocycles. The number of fused-ring (bicyclic) bond motifs is 1. The summed E-state index contributed by atoms with van der Waals surface area (Å²) in [6.45, 7) is 0. The Balaban J connectivity index is 1.90. The Morgan fingerprint density at radius 2 is 1.91 bits per heavy atom. The van der Waals surface area contributed by atoms with Gasteiger partial charge in [-0.25, -0.2) is 9.97 Å². The number of hydrogen-bond acceptors (Lipinski definition) is 6. The normalized spacial score (nSPS) is 11.0. The fourth-order valence-electron chi connectivity index (χ4n) is 2.24. The Labute approximate surface area is 135 Å². The Kier molecular flexibility index (Phi) is 3.13. The molecule has 0 aliphatic rings. The van der Waals surface area contributed by atoms with Gasteiger partial charge >= 0.3 is 0 Å². The first-order valence-corrected chi connectivity index (χ1v) is 7.15. The lowest BCUT2D eigenvalue weighted by atomic mass is 10.1. The van der Waals surface area contributed by atoms with Crippen molar-refractivity contribution in [1.82, 2.24) is 29.5 Å².